The summed E-state index contributed by atoms with van der Waals surface area (Å²) in [4.78, 5) is 36.7. The van der Waals surface area contributed by atoms with Gasteiger partial charge in [0.1, 0.15) is 6.33 Å². The van der Waals surface area contributed by atoms with Crippen molar-refractivity contribution < 1.29 is 9.59 Å². The number of imide groups is 1. The number of halogens is 3. The van der Waals surface area contributed by atoms with Crippen molar-refractivity contribution in [3.05, 3.63) is 111 Å². The number of carbonyl (C=O) groups is 2. The fourth-order valence-electron chi connectivity index (χ4n) is 3.13. The van der Waals surface area contributed by atoms with Gasteiger partial charge >= 0.3 is 0 Å². The van der Waals surface area contributed by atoms with Gasteiger partial charge in [-0.25, -0.2) is 14.9 Å². The van der Waals surface area contributed by atoms with E-state index in [0.29, 0.717) is 5.56 Å². The Hall–Kier alpha value is -3.06. The lowest BCUT2D eigenvalue weighted by Gasteiger charge is -2.23. The van der Waals surface area contributed by atoms with Gasteiger partial charge in [-0.15, -0.1) is 0 Å². The van der Waals surface area contributed by atoms with Crippen molar-refractivity contribution in [3.8, 4) is 11.1 Å². The summed E-state index contributed by atoms with van der Waals surface area (Å²) in [6.45, 7) is 0. The summed E-state index contributed by atoms with van der Waals surface area (Å²) in [6, 6.07) is 20.4. The number of hydrogen-bond acceptors (Lipinski definition) is 4. The van der Waals surface area contributed by atoms with Crippen molar-refractivity contribution in [1.29, 1.82) is 0 Å². The molecule has 0 aliphatic rings. The Balaban J connectivity index is 1.92. The molecule has 0 radical (unpaired) electrons. The molecule has 0 spiro atoms. The Bertz CT molecular complexity index is 1260. The molecule has 0 bridgehead atoms. The maximum absolute atomic E-state index is 13.6. The van der Waals surface area contributed by atoms with Gasteiger partial charge in [0.05, 0.1) is 21.2 Å². The number of benzene rings is 3. The molecule has 158 valence electrons. The lowest BCUT2D eigenvalue weighted by Crippen LogP contribution is -2.38. The quantitative estimate of drug-likeness (QED) is 0.277. The van der Waals surface area contributed by atoms with Gasteiger partial charge in [-0.1, -0.05) is 75.5 Å². The molecule has 32 heavy (non-hydrogen) atoms. The lowest BCUT2D eigenvalue weighted by molar-refractivity contribution is 0.0897. The molecule has 8 heteroatoms. The van der Waals surface area contributed by atoms with Crippen molar-refractivity contribution in [2.75, 3.05) is 4.90 Å². The van der Waals surface area contributed by atoms with E-state index in [4.69, 9.17) is 23.2 Å². The molecule has 0 atom stereocenters. The minimum absolute atomic E-state index is 0.122. The number of rotatable bonds is 4. The molecule has 0 aliphatic heterocycles. The summed E-state index contributed by atoms with van der Waals surface area (Å²) in [6.07, 6.45) is 2.84. The van der Waals surface area contributed by atoms with Gasteiger partial charge in [-0.2, -0.15) is 0 Å². The Morgan fingerprint density at radius 1 is 0.781 bits per heavy atom. The van der Waals surface area contributed by atoms with E-state index in [1.807, 2.05) is 24.3 Å². The number of carbonyl (C=O) groups excluding carboxylic acids is 2. The molecule has 0 saturated heterocycles. The predicted molar refractivity (Wildman–Crippen MR) is 129 cm³/mol. The first-order valence-electron chi connectivity index (χ1n) is 9.41. The van der Waals surface area contributed by atoms with Crippen LogP contribution in [-0.2, 0) is 0 Å². The topological polar surface area (TPSA) is 63.2 Å². The van der Waals surface area contributed by atoms with Gasteiger partial charge in [0, 0.05) is 16.2 Å². The summed E-state index contributed by atoms with van der Waals surface area (Å²) in [5.74, 6) is -1.13. The summed E-state index contributed by atoms with van der Waals surface area (Å²) >= 11 is 16.0. The standard InChI is InChI=1S/C24H14BrCl2N3O2/c25-16-11-9-15(10-12-16)19-13-28-14-29-22(19)30(23(31)17-5-1-3-7-20(17)26)24(32)18-6-2-4-8-21(18)27/h1-14H. The van der Waals surface area contributed by atoms with Crippen molar-refractivity contribution in [1.82, 2.24) is 9.97 Å². The third kappa shape index (κ3) is 4.43. The number of aromatic nitrogens is 2. The zero-order chi connectivity index (χ0) is 22.7. The third-order valence-corrected chi connectivity index (χ3v) is 5.86. The first kappa shape index (κ1) is 22.1. The number of anilines is 1. The molecule has 3 aromatic carbocycles. The van der Waals surface area contributed by atoms with Crippen molar-refractivity contribution >= 4 is 56.8 Å². The van der Waals surface area contributed by atoms with Crippen molar-refractivity contribution in [3.63, 3.8) is 0 Å². The molecule has 5 nitrogen and oxygen atoms in total. The Morgan fingerprint density at radius 3 is 1.84 bits per heavy atom. The van der Waals surface area contributed by atoms with Crippen molar-refractivity contribution in [2.24, 2.45) is 0 Å². The van der Waals surface area contributed by atoms with E-state index in [2.05, 4.69) is 25.9 Å². The van der Waals surface area contributed by atoms with Crippen LogP contribution in [-0.4, -0.2) is 21.8 Å². The van der Waals surface area contributed by atoms with E-state index in [1.165, 1.54) is 6.33 Å². The van der Waals surface area contributed by atoms with Crippen LogP contribution in [0.2, 0.25) is 10.0 Å². The van der Waals surface area contributed by atoms with E-state index >= 15 is 0 Å². The van der Waals surface area contributed by atoms with Crippen LogP contribution in [0, 0.1) is 0 Å². The second-order valence-corrected chi connectivity index (χ2v) is 8.40. The third-order valence-electron chi connectivity index (χ3n) is 4.67. The summed E-state index contributed by atoms with van der Waals surface area (Å²) in [5, 5.41) is 0.433. The molecule has 1 aromatic heterocycles. The van der Waals surface area contributed by atoms with E-state index < -0.39 is 11.8 Å². The smallest absolute Gasteiger partial charge is 0.268 e. The molecule has 0 fully saturated rings. The number of hydrogen-bond donors (Lipinski definition) is 0. The summed E-state index contributed by atoms with van der Waals surface area (Å²) in [7, 11) is 0. The normalized spacial score (nSPS) is 10.6. The highest BCUT2D eigenvalue weighted by Gasteiger charge is 2.31. The minimum Gasteiger partial charge on any atom is -0.268 e. The highest BCUT2D eigenvalue weighted by molar-refractivity contribution is 9.10. The second kappa shape index (κ2) is 9.61. The lowest BCUT2D eigenvalue weighted by atomic mass is 10.1. The molecule has 0 aliphatic carbocycles. The molecule has 1 heterocycles. The zero-order valence-electron chi connectivity index (χ0n) is 16.4. The maximum Gasteiger partial charge on any atom is 0.268 e. The van der Waals surface area contributed by atoms with Crippen LogP contribution < -0.4 is 4.90 Å². The van der Waals surface area contributed by atoms with Crippen LogP contribution in [0.3, 0.4) is 0 Å². The Labute approximate surface area is 202 Å². The Kier molecular flexibility index (Phi) is 6.65. The van der Waals surface area contributed by atoms with Gasteiger partial charge in [-0.05, 0) is 42.0 Å². The van der Waals surface area contributed by atoms with Crippen LogP contribution in [0.15, 0.2) is 89.8 Å². The van der Waals surface area contributed by atoms with Gasteiger partial charge in [0.25, 0.3) is 11.8 Å². The zero-order valence-corrected chi connectivity index (χ0v) is 19.5. The second-order valence-electron chi connectivity index (χ2n) is 6.67. The first-order chi connectivity index (χ1) is 15.5. The van der Waals surface area contributed by atoms with E-state index in [9.17, 15) is 9.59 Å². The SMILES string of the molecule is O=C(c1ccccc1Cl)N(C(=O)c1ccccc1Cl)c1ncncc1-c1ccc(Br)cc1. The van der Waals surface area contributed by atoms with Gasteiger partial charge in [-0.3, -0.25) is 9.59 Å². The fraction of sp³-hybridized carbons (Fsp3) is 0. The van der Waals surface area contributed by atoms with Crippen LogP contribution >= 0.6 is 39.1 Å². The minimum atomic E-state index is -0.627. The van der Waals surface area contributed by atoms with Gasteiger partial charge in [0.2, 0.25) is 0 Å². The fourth-order valence-corrected chi connectivity index (χ4v) is 3.83. The van der Waals surface area contributed by atoms with Crippen LogP contribution in [0.4, 0.5) is 5.82 Å². The highest BCUT2D eigenvalue weighted by Crippen LogP contribution is 2.32. The number of nitrogens with zero attached hydrogens (tertiary/aromatic N) is 3. The summed E-state index contributed by atoms with van der Waals surface area (Å²) in [5.41, 5.74) is 1.55. The maximum atomic E-state index is 13.6. The van der Waals surface area contributed by atoms with Gasteiger partial charge < -0.3 is 0 Å². The van der Waals surface area contributed by atoms with Gasteiger partial charge in [0.15, 0.2) is 5.82 Å². The first-order valence-corrected chi connectivity index (χ1v) is 11.0. The monoisotopic (exact) mass is 525 g/mol. The average Bonchev–Trinajstić information content (AvgIpc) is 2.80. The highest BCUT2D eigenvalue weighted by atomic mass is 79.9. The largest absolute Gasteiger partial charge is 0.268 e. The average molecular weight is 527 g/mol. The predicted octanol–water partition coefficient (Wildman–Crippen LogP) is 6.70. The van der Waals surface area contributed by atoms with Crippen LogP contribution in [0.25, 0.3) is 11.1 Å². The molecule has 0 saturated carbocycles. The molecule has 2 amide bonds. The molecular formula is C24H14BrCl2N3O2. The van der Waals surface area contributed by atoms with E-state index in [0.717, 1.165) is 14.9 Å². The molecular weight excluding hydrogens is 513 g/mol. The van der Waals surface area contributed by atoms with Crippen LogP contribution in [0.5, 0.6) is 0 Å². The molecule has 0 N–H and O–H groups in total. The molecule has 4 aromatic rings. The number of amides is 2. The van der Waals surface area contributed by atoms with E-state index in [-0.39, 0.29) is 27.0 Å². The Morgan fingerprint density at radius 2 is 1.31 bits per heavy atom. The molecule has 4 rings (SSSR count). The molecule has 0 unspecified atom stereocenters. The summed E-state index contributed by atoms with van der Waals surface area (Å²) < 4.78 is 0.885. The van der Waals surface area contributed by atoms with E-state index in [1.54, 1.807) is 54.7 Å². The van der Waals surface area contributed by atoms with Crippen LogP contribution in [0.1, 0.15) is 20.7 Å². The van der Waals surface area contributed by atoms with Crippen molar-refractivity contribution in [2.45, 2.75) is 0 Å².